The second kappa shape index (κ2) is 7.03. The summed E-state index contributed by atoms with van der Waals surface area (Å²) in [5, 5.41) is 0. The zero-order valence-electron chi connectivity index (χ0n) is 12.9. The van der Waals surface area contributed by atoms with E-state index in [-0.39, 0.29) is 0 Å². The molecule has 0 atom stereocenters. The fourth-order valence-corrected chi connectivity index (χ4v) is 7.15. The predicted octanol–water partition coefficient (Wildman–Crippen LogP) is 5.88. The van der Waals surface area contributed by atoms with Crippen molar-refractivity contribution < 1.29 is 23.2 Å². The minimum atomic E-state index is -0.565. The van der Waals surface area contributed by atoms with Crippen molar-refractivity contribution in [2.75, 3.05) is 0 Å². The summed E-state index contributed by atoms with van der Waals surface area (Å²) in [6, 6.07) is 0. The first-order chi connectivity index (χ1) is 9.17. The fraction of sp³-hybridized carbons (Fsp3) is 0.556. The molecule has 0 radical (unpaired) electrons. The molecule has 1 heteroatoms. The van der Waals surface area contributed by atoms with Crippen LogP contribution in [-0.2, 0) is 23.2 Å². The zero-order chi connectivity index (χ0) is 13.8. The SMILES string of the molecule is CCCC1=[C]([Zr][C]2=C(CCC)CC=C2C)C(C)=CC1. The Hall–Kier alpha value is -0.157. The van der Waals surface area contributed by atoms with Gasteiger partial charge in [-0.2, -0.15) is 0 Å². The second-order valence-corrected chi connectivity index (χ2v) is 8.84. The molecule has 0 aromatic carbocycles. The summed E-state index contributed by atoms with van der Waals surface area (Å²) in [4.78, 5) is 0. The molecule has 0 unspecified atom stereocenters. The van der Waals surface area contributed by atoms with Gasteiger partial charge in [-0.15, -0.1) is 0 Å². The summed E-state index contributed by atoms with van der Waals surface area (Å²) < 4.78 is 3.65. The molecule has 0 heterocycles. The summed E-state index contributed by atoms with van der Waals surface area (Å²) in [5.74, 6) is 0. The Morgan fingerprint density at radius 3 is 1.63 bits per heavy atom. The molecule has 0 fully saturated rings. The van der Waals surface area contributed by atoms with Crippen LogP contribution >= 0.6 is 0 Å². The zero-order valence-corrected chi connectivity index (χ0v) is 15.4. The Balaban J connectivity index is 2.23. The van der Waals surface area contributed by atoms with E-state index in [1.54, 1.807) is 22.3 Å². The first-order valence-corrected chi connectivity index (χ1v) is 10.2. The van der Waals surface area contributed by atoms with Gasteiger partial charge in [-0.1, -0.05) is 0 Å². The van der Waals surface area contributed by atoms with Crippen molar-refractivity contribution in [1.29, 1.82) is 0 Å². The van der Waals surface area contributed by atoms with Gasteiger partial charge in [-0.05, 0) is 0 Å². The summed E-state index contributed by atoms with van der Waals surface area (Å²) in [6.07, 6.45) is 12.7. The molecule has 0 saturated heterocycles. The van der Waals surface area contributed by atoms with Crippen molar-refractivity contribution >= 4 is 0 Å². The molecule has 0 N–H and O–H groups in total. The molecule has 2 rings (SSSR count). The molecule has 0 aromatic rings. The predicted molar refractivity (Wildman–Crippen MR) is 80.6 cm³/mol. The number of hydrogen-bond acceptors (Lipinski definition) is 0. The Kier molecular flexibility index (Phi) is 5.63. The van der Waals surface area contributed by atoms with E-state index in [9.17, 15) is 0 Å². The molecule has 0 aromatic heterocycles. The van der Waals surface area contributed by atoms with Gasteiger partial charge in [0.25, 0.3) is 0 Å². The van der Waals surface area contributed by atoms with Crippen LogP contribution in [0.15, 0.2) is 41.0 Å². The van der Waals surface area contributed by atoms with Crippen LogP contribution in [0.1, 0.15) is 66.2 Å². The molecule has 2 aliphatic carbocycles. The summed E-state index contributed by atoms with van der Waals surface area (Å²) in [7, 11) is 0. The molecule has 0 spiro atoms. The molecule has 0 nitrogen and oxygen atoms in total. The van der Waals surface area contributed by atoms with Crippen LogP contribution in [-0.4, -0.2) is 0 Å². The van der Waals surface area contributed by atoms with Crippen LogP contribution in [0.2, 0.25) is 0 Å². The monoisotopic (exact) mass is 332 g/mol. The van der Waals surface area contributed by atoms with Gasteiger partial charge in [0.05, 0.1) is 0 Å². The van der Waals surface area contributed by atoms with Crippen molar-refractivity contribution in [1.82, 2.24) is 0 Å². The van der Waals surface area contributed by atoms with Crippen molar-refractivity contribution in [3.63, 3.8) is 0 Å². The normalized spacial score (nSPS) is 19.2. The third-order valence-electron chi connectivity index (χ3n) is 4.16. The van der Waals surface area contributed by atoms with E-state index in [1.807, 2.05) is 6.56 Å². The Labute approximate surface area is 130 Å². The van der Waals surface area contributed by atoms with E-state index in [0.717, 1.165) is 0 Å². The quantitative estimate of drug-likeness (QED) is 0.569. The van der Waals surface area contributed by atoms with Gasteiger partial charge in [0, 0.05) is 0 Å². The molecule has 102 valence electrons. The van der Waals surface area contributed by atoms with Crippen LogP contribution in [0.4, 0.5) is 0 Å². The molecule has 0 amide bonds. The average Bonchev–Trinajstić information content (AvgIpc) is 2.90. The second-order valence-electron chi connectivity index (χ2n) is 5.76. The van der Waals surface area contributed by atoms with Gasteiger partial charge in [0.1, 0.15) is 0 Å². The van der Waals surface area contributed by atoms with Gasteiger partial charge in [-0.3, -0.25) is 0 Å². The molecular formula is C18H26Zr. The standard InChI is InChI=1S/2C9H13.Zr/c2*1-3-4-9-6-5-8(2)7-9;/h2*5H,3-4,6H2,1-2H3;. The number of rotatable bonds is 6. The van der Waals surface area contributed by atoms with E-state index in [2.05, 4.69) is 39.8 Å². The topological polar surface area (TPSA) is 0 Å². The maximum atomic E-state index is 2.47. The Morgan fingerprint density at radius 2 is 1.26 bits per heavy atom. The van der Waals surface area contributed by atoms with E-state index >= 15 is 0 Å². The van der Waals surface area contributed by atoms with E-state index in [0.29, 0.717) is 0 Å². The Morgan fingerprint density at radius 1 is 0.842 bits per heavy atom. The molecule has 0 aliphatic heterocycles. The first kappa shape index (κ1) is 15.2. The van der Waals surface area contributed by atoms with Crippen molar-refractivity contribution in [3.05, 3.63) is 41.0 Å². The van der Waals surface area contributed by atoms with E-state index < -0.39 is 23.2 Å². The van der Waals surface area contributed by atoms with Crippen LogP contribution in [0, 0.1) is 0 Å². The third kappa shape index (κ3) is 3.49. The van der Waals surface area contributed by atoms with Crippen LogP contribution in [0.5, 0.6) is 0 Å². The average molecular weight is 334 g/mol. The van der Waals surface area contributed by atoms with Gasteiger partial charge >= 0.3 is 130 Å². The van der Waals surface area contributed by atoms with Gasteiger partial charge < -0.3 is 0 Å². The summed E-state index contributed by atoms with van der Waals surface area (Å²) in [5.41, 5.74) is 6.76. The molecular weight excluding hydrogens is 307 g/mol. The van der Waals surface area contributed by atoms with Crippen molar-refractivity contribution in [3.8, 4) is 0 Å². The summed E-state index contributed by atoms with van der Waals surface area (Å²) in [6.45, 7) is 9.30. The van der Waals surface area contributed by atoms with Crippen LogP contribution < -0.4 is 0 Å². The van der Waals surface area contributed by atoms with Gasteiger partial charge in [0.2, 0.25) is 0 Å². The molecule has 2 aliphatic rings. The maximum absolute atomic E-state index is 2.47. The Bertz CT molecular complexity index is 428. The van der Waals surface area contributed by atoms with Gasteiger partial charge in [-0.25, -0.2) is 0 Å². The third-order valence-corrected chi connectivity index (χ3v) is 9.06. The molecule has 19 heavy (non-hydrogen) atoms. The van der Waals surface area contributed by atoms with E-state index in [1.165, 1.54) is 38.5 Å². The van der Waals surface area contributed by atoms with Crippen molar-refractivity contribution in [2.45, 2.75) is 66.2 Å². The minimum absolute atomic E-state index is 0.565. The molecule has 0 bridgehead atoms. The van der Waals surface area contributed by atoms with Gasteiger partial charge in [0.15, 0.2) is 0 Å². The fourth-order valence-electron chi connectivity index (χ4n) is 3.08. The number of hydrogen-bond donors (Lipinski definition) is 0. The number of allylic oxidation sites excluding steroid dienone is 8. The van der Waals surface area contributed by atoms with Crippen LogP contribution in [0.3, 0.4) is 0 Å². The van der Waals surface area contributed by atoms with E-state index in [4.69, 9.17) is 0 Å². The van der Waals surface area contributed by atoms with Crippen molar-refractivity contribution in [2.24, 2.45) is 0 Å². The van der Waals surface area contributed by atoms with Crippen LogP contribution in [0.25, 0.3) is 0 Å². The summed E-state index contributed by atoms with van der Waals surface area (Å²) >= 11 is -0.565. The first-order valence-electron chi connectivity index (χ1n) is 7.72. The molecule has 0 saturated carbocycles.